The van der Waals surface area contributed by atoms with Gasteiger partial charge in [-0.3, -0.25) is 4.79 Å². The lowest BCUT2D eigenvalue weighted by molar-refractivity contribution is -0.132. The molecule has 0 saturated heterocycles. The van der Waals surface area contributed by atoms with Crippen molar-refractivity contribution in [2.45, 2.75) is 43.7 Å². The van der Waals surface area contributed by atoms with Crippen molar-refractivity contribution in [3.05, 3.63) is 74.4 Å². The summed E-state index contributed by atoms with van der Waals surface area (Å²) in [4.78, 5) is 17.8. The number of sulfonamides is 1. The molecular weight excluding hydrogens is 576 g/mol. The van der Waals surface area contributed by atoms with Gasteiger partial charge < -0.3 is 14.4 Å². The highest BCUT2D eigenvalue weighted by atomic mass is 79.9. The standard InChI is InChI=1S/C27H31BrN2O5S2/c1-19-4-10-23(36-19)17-29(15-14-20-5-13-25(34-2)26(16-20)35-3)27(31)18-30(22-8-9-22)37(32,33)24-11-6-21(28)7-12-24/h4-7,10-13,16,22H,8-9,14-15,17-18H2,1-3H3. The zero-order valence-electron chi connectivity index (χ0n) is 21.1. The number of ether oxygens (including phenoxy) is 2. The number of methoxy groups -OCH3 is 2. The molecule has 0 spiro atoms. The summed E-state index contributed by atoms with van der Waals surface area (Å²) in [6, 6.07) is 16.2. The molecule has 7 nitrogen and oxygen atoms in total. The van der Waals surface area contributed by atoms with E-state index in [0.717, 1.165) is 27.8 Å². The van der Waals surface area contributed by atoms with Gasteiger partial charge in [-0.1, -0.05) is 22.0 Å². The lowest BCUT2D eigenvalue weighted by atomic mass is 10.1. The molecule has 1 saturated carbocycles. The van der Waals surface area contributed by atoms with Crippen molar-refractivity contribution in [1.29, 1.82) is 0 Å². The van der Waals surface area contributed by atoms with Gasteiger partial charge in [-0.05, 0) is 80.3 Å². The molecule has 1 aliphatic rings. The van der Waals surface area contributed by atoms with E-state index in [4.69, 9.17) is 9.47 Å². The lowest BCUT2D eigenvalue weighted by Crippen LogP contribution is -2.44. The summed E-state index contributed by atoms with van der Waals surface area (Å²) < 4.78 is 39.9. The predicted molar refractivity (Wildman–Crippen MR) is 149 cm³/mol. The number of hydrogen-bond acceptors (Lipinski definition) is 6. The summed E-state index contributed by atoms with van der Waals surface area (Å²) in [6.45, 7) is 2.73. The zero-order chi connectivity index (χ0) is 26.6. The first-order valence-electron chi connectivity index (χ1n) is 12.0. The number of benzene rings is 2. The third-order valence-electron chi connectivity index (χ3n) is 6.28. The molecule has 2 aromatic carbocycles. The Morgan fingerprint density at radius 3 is 2.32 bits per heavy atom. The van der Waals surface area contributed by atoms with Crippen LogP contribution in [0.3, 0.4) is 0 Å². The summed E-state index contributed by atoms with van der Waals surface area (Å²) >= 11 is 4.99. The Hall–Kier alpha value is -2.40. The third-order valence-corrected chi connectivity index (χ3v) is 9.71. The number of hydrogen-bond donors (Lipinski definition) is 0. The van der Waals surface area contributed by atoms with E-state index in [2.05, 4.69) is 15.9 Å². The van der Waals surface area contributed by atoms with Gasteiger partial charge in [-0.15, -0.1) is 11.3 Å². The van der Waals surface area contributed by atoms with E-state index in [1.165, 1.54) is 9.18 Å². The van der Waals surface area contributed by atoms with Gasteiger partial charge >= 0.3 is 0 Å². The molecule has 4 rings (SSSR count). The van der Waals surface area contributed by atoms with Gasteiger partial charge in [-0.2, -0.15) is 4.31 Å². The lowest BCUT2D eigenvalue weighted by Gasteiger charge is -2.27. The molecule has 3 aromatic rings. The number of amides is 1. The molecule has 1 fully saturated rings. The Labute approximate surface area is 231 Å². The maximum atomic E-state index is 13.6. The normalized spacial score (nSPS) is 13.5. The highest BCUT2D eigenvalue weighted by Crippen LogP contribution is 2.33. The predicted octanol–water partition coefficient (Wildman–Crippen LogP) is 5.26. The summed E-state index contributed by atoms with van der Waals surface area (Å²) in [6.07, 6.45) is 2.12. The fourth-order valence-corrected chi connectivity index (χ4v) is 6.90. The molecule has 1 heterocycles. The van der Waals surface area contributed by atoms with E-state index in [9.17, 15) is 13.2 Å². The first-order chi connectivity index (χ1) is 17.7. The van der Waals surface area contributed by atoms with Crippen LogP contribution in [0.5, 0.6) is 11.5 Å². The minimum absolute atomic E-state index is 0.144. The first-order valence-corrected chi connectivity index (χ1v) is 15.1. The molecule has 198 valence electrons. The number of halogens is 1. The minimum Gasteiger partial charge on any atom is -0.493 e. The summed E-state index contributed by atoms with van der Waals surface area (Å²) in [7, 11) is -0.614. The van der Waals surface area contributed by atoms with Crippen molar-refractivity contribution < 1.29 is 22.7 Å². The van der Waals surface area contributed by atoms with Gasteiger partial charge in [0.25, 0.3) is 0 Å². The zero-order valence-corrected chi connectivity index (χ0v) is 24.4. The molecule has 0 aliphatic heterocycles. The fraction of sp³-hybridized carbons (Fsp3) is 0.370. The molecular formula is C27H31BrN2O5S2. The summed E-state index contributed by atoms with van der Waals surface area (Å²) in [5.74, 6) is 1.07. The van der Waals surface area contributed by atoms with E-state index < -0.39 is 10.0 Å². The van der Waals surface area contributed by atoms with E-state index in [-0.39, 0.29) is 23.4 Å². The average Bonchev–Trinajstić information content (AvgIpc) is 3.65. The minimum atomic E-state index is -3.80. The van der Waals surface area contributed by atoms with Crippen molar-refractivity contribution in [1.82, 2.24) is 9.21 Å². The van der Waals surface area contributed by atoms with Crippen molar-refractivity contribution >= 4 is 43.2 Å². The van der Waals surface area contributed by atoms with Crippen molar-refractivity contribution in [2.75, 3.05) is 27.3 Å². The van der Waals surface area contributed by atoms with Crippen LogP contribution in [0.4, 0.5) is 0 Å². The van der Waals surface area contributed by atoms with Gasteiger partial charge in [-0.25, -0.2) is 8.42 Å². The van der Waals surface area contributed by atoms with E-state index in [1.807, 2.05) is 37.3 Å². The topological polar surface area (TPSA) is 76.2 Å². The third kappa shape index (κ3) is 6.93. The number of aryl methyl sites for hydroxylation is 1. The van der Waals surface area contributed by atoms with Gasteiger partial charge in [0.1, 0.15) is 0 Å². The summed E-state index contributed by atoms with van der Waals surface area (Å²) in [5.41, 5.74) is 0.999. The van der Waals surface area contributed by atoms with Crippen LogP contribution in [0.15, 0.2) is 64.0 Å². The van der Waals surface area contributed by atoms with Crippen molar-refractivity contribution in [2.24, 2.45) is 0 Å². The number of carbonyl (C=O) groups is 1. The second-order valence-corrected chi connectivity index (χ2v) is 13.2. The monoisotopic (exact) mass is 606 g/mol. The Morgan fingerprint density at radius 2 is 1.73 bits per heavy atom. The number of nitrogens with zero attached hydrogens (tertiary/aromatic N) is 2. The first kappa shape index (κ1) is 27.6. The highest BCUT2D eigenvalue weighted by Gasteiger charge is 2.40. The molecule has 37 heavy (non-hydrogen) atoms. The molecule has 1 amide bonds. The fourth-order valence-electron chi connectivity index (χ4n) is 4.10. The SMILES string of the molecule is COc1ccc(CCN(Cc2ccc(C)s2)C(=O)CN(C2CC2)S(=O)(=O)c2ccc(Br)cc2)cc1OC. The summed E-state index contributed by atoms with van der Waals surface area (Å²) in [5, 5.41) is 0. The van der Waals surface area contributed by atoms with Gasteiger partial charge in [0.2, 0.25) is 15.9 Å². The van der Waals surface area contributed by atoms with Crippen LogP contribution in [-0.2, 0) is 27.8 Å². The number of thiophene rings is 1. The van der Waals surface area contributed by atoms with Gasteiger partial charge in [0, 0.05) is 26.8 Å². The number of carbonyl (C=O) groups excluding carboxylic acids is 1. The highest BCUT2D eigenvalue weighted by molar-refractivity contribution is 9.10. The van der Waals surface area contributed by atoms with E-state index >= 15 is 0 Å². The largest absolute Gasteiger partial charge is 0.493 e. The Kier molecular flexibility index (Phi) is 8.94. The molecule has 1 aromatic heterocycles. The van der Waals surface area contributed by atoms with Crippen LogP contribution in [0.1, 0.15) is 28.2 Å². The van der Waals surface area contributed by atoms with E-state index in [1.54, 1.807) is 54.7 Å². The average molecular weight is 608 g/mol. The van der Waals surface area contributed by atoms with Crippen molar-refractivity contribution in [3.8, 4) is 11.5 Å². The van der Waals surface area contributed by atoms with Crippen LogP contribution in [0.2, 0.25) is 0 Å². The second kappa shape index (κ2) is 12.0. The van der Waals surface area contributed by atoms with Gasteiger partial charge in [0.15, 0.2) is 11.5 Å². The molecule has 0 bridgehead atoms. The Bertz CT molecular complexity index is 1340. The van der Waals surface area contributed by atoms with Crippen LogP contribution in [0.25, 0.3) is 0 Å². The van der Waals surface area contributed by atoms with Crippen LogP contribution < -0.4 is 9.47 Å². The van der Waals surface area contributed by atoms with E-state index in [0.29, 0.717) is 31.0 Å². The Balaban J connectivity index is 1.54. The van der Waals surface area contributed by atoms with Crippen LogP contribution in [0, 0.1) is 6.92 Å². The molecule has 0 unspecified atom stereocenters. The van der Waals surface area contributed by atoms with Crippen LogP contribution in [-0.4, -0.2) is 56.9 Å². The van der Waals surface area contributed by atoms with Crippen LogP contribution >= 0.6 is 27.3 Å². The molecule has 0 atom stereocenters. The quantitative estimate of drug-likeness (QED) is 0.281. The maximum absolute atomic E-state index is 13.6. The van der Waals surface area contributed by atoms with Gasteiger partial charge in [0.05, 0.1) is 32.2 Å². The molecule has 0 N–H and O–H groups in total. The number of rotatable bonds is 12. The second-order valence-electron chi connectivity index (χ2n) is 9.00. The molecule has 10 heteroatoms. The molecule has 0 radical (unpaired) electrons. The smallest absolute Gasteiger partial charge is 0.243 e. The van der Waals surface area contributed by atoms with Crippen molar-refractivity contribution in [3.63, 3.8) is 0 Å². The maximum Gasteiger partial charge on any atom is 0.243 e. The Morgan fingerprint density at radius 1 is 1.03 bits per heavy atom. The molecule has 1 aliphatic carbocycles.